The van der Waals surface area contributed by atoms with Crippen LogP contribution in [0.25, 0.3) is 11.0 Å². The number of benzene rings is 1. The minimum Gasteiger partial charge on any atom is -0.308 e. The van der Waals surface area contributed by atoms with Gasteiger partial charge in [-0.2, -0.15) is 0 Å². The zero-order valence-corrected chi connectivity index (χ0v) is 12.8. The lowest BCUT2D eigenvalue weighted by Crippen LogP contribution is -2.25. The zero-order chi connectivity index (χ0) is 14.5. The van der Waals surface area contributed by atoms with Gasteiger partial charge in [0.25, 0.3) is 0 Å². The fraction of sp³-hybridized carbons (Fsp3) is 0.312. The second kappa shape index (κ2) is 6.74. The van der Waals surface area contributed by atoms with Crippen LogP contribution in [0.5, 0.6) is 0 Å². The van der Waals surface area contributed by atoms with Crippen LogP contribution in [0.4, 0.5) is 0 Å². The lowest BCUT2D eigenvalue weighted by molar-refractivity contribution is 0.520. The van der Waals surface area contributed by atoms with Gasteiger partial charge in [-0.3, -0.25) is 9.97 Å². The molecule has 0 spiro atoms. The van der Waals surface area contributed by atoms with E-state index in [0.717, 1.165) is 36.1 Å². The number of nitrogens with one attached hydrogen (secondary N) is 1. The Morgan fingerprint density at radius 1 is 1.19 bits per heavy atom. The number of nitrogens with zero attached hydrogens (tertiary/aromatic N) is 3. The van der Waals surface area contributed by atoms with Crippen LogP contribution in [-0.4, -0.2) is 21.5 Å². The van der Waals surface area contributed by atoms with E-state index in [0.29, 0.717) is 0 Å². The van der Waals surface area contributed by atoms with E-state index in [-0.39, 0.29) is 6.04 Å². The summed E-state index contributed by atoms with van der Waals surface area (Å²) in [5, 5.41) is 3.57. The van der Waals surface area contributed by atoms with Crippen LogP contribution in [0.1, 0.15) is 30.0 Å². The molecule has 21 heavy (non-hydrogen) atoms. The average Bonchev–Trinajstić information content (AvgIpc) is 3.04. The van der Waals surface area contributed by atoms with E-state index >= 15 is 0 Å². The third-order valence-corrected chi connectivity index (χ3v) is 4.16. The highest BCUT2D eigenvalue weighted by molar-refractivity contribution is 7.09. The Kier molecular flexibility index (Phi) is 4.52. The second-order valence-electron chi connectivity index (χ2n) is 4.96. The van der Waals surface area contributed by atoms with Crippen LogP contribution < -0.4 is 5.32 Å². The van der Waals surface area contributed by atoms with E-state index in [1.807, 2.05) is 42.2 Å². The van der Waals surface area contributed by atoms with Gasteiger partial charge in [-0.05, 0) is 25.1 Å². The van der Waals surface area contributed by atoms with E-state index in [1.54, 1.807) is 11.3 Å². The maximum absolute atomic E-state index is 4.77. The molecule has 0 saturated heterocycles. The Hall–Kier alpha value is -1.85. The Bertz CT molecular complexity index is 696. The van der Waals surface area contributed by atoms with Crippen LogP contribution in [0, 0.1) is 0 Å². The summed E-state index contributed by atoms with van der Waals surface area (Å²) in [7, 11) is 0. The van der Waals surface area contributed by atoms with Gasteiger partial charge in [0.1, 0.15) is 0 Å². The number of fused-ring (bicyclic) bond motifs is 1. The first-order valence-corrected chi connectivity index (χ1v) is 8.07. The molecule has 1 unspecified atom stereocenters. The lowest BCUT2D eigenvalue weighted by Gasteiger charge is -2.17. The van der Waals surface area contributed by atoms with Gasteiger partial charge in [0.15, 0.2) is 0 Å². The molecule has 0 radical (unpaired) electrons. The van der Waals surface area contributed by atoms with E-state index in [1.165, 1.54) is 4.88 Å². The zero-order valence-electron chi connectivity index (χ0n) is 12.0. The summed E-state index contributed by atoms with van der Waals surface area (Å²) < 4.78 is 0. The van der Waals surface area contributed by atoms with Crippen molar-refractivity contribution in [2.24, 2.45) is 0 Å². The molecule has 5 heteroatoms. The van der Waals surface area contributed by atoms with Crippen LogP contribution >= 0.6 is 11.3 Å². The van der Waals surface area contributed by atoms with Crippen LogP contribution in [0.15, 0.2) is 42.2 Å². The fourth-order valence-electron chi connectivity index (χ4n) is 2.28. The van der Waals surface area contributed by atoms with Crippen LogP contribution in [0.3, 0.4) is 0 Å². The molecule has 1 aromatic carbocycles. The first-order chi connectivity index (χ1) is 10.4. The molecular formula is C16H18N4S. The topological polar surface area (TPSA) is 50.7 Å². The number of hydrogen-bond donors (Lipinski definition) is 1. The van der Waals surface area contributed by atoms with E-state index in [9.17, 15) is 0 Å². The molecule has 0 fully saturated rings. The highest BCUT2D eigenvalue weighted by atomic mass is 32.1. The van der Waals surface area contributed by atoms with Crippen molar-refractivity contribution < 1.29 is 0 Å². The van der Waals surface area contributed by atoms with Crippen LogP contribution in [-0.2, 0) is 6.42 Å². The van der Waals surface area contributed by atoms with E-state index in [4.69, 9.17) is 4.98 Å². The number of thiazole rings is 1. The molecular weight excluding hydrogens is 280 g/mol. The molecule has 1 N–H and O–H groups in total. The summed E-state index contributed by atoms with van der Waals surface area (Å²) in [5.41, 5.74) is 4.75. The predicted molar refractivity (Wildman–Crippen MR) is 86.4 cm³/mol. The molecule has 0 bridgehead atoms. The predicted octanol–water partition coefficient (Wildman–Crippen LogP) is 3.37. The van der Waals surface area contributed by atoms with Gasteiger partial charge in [-0.1, -0.05) is 19.1 Å². The van der Waals surface area contributed by atoms with Gasteiger partial charge >= 0.3 is 0 Å². The quantitative estimate of drug-likeness (QED) is 0.758. The molecule has 2 aromatic heterocycles. The third-order valence-electron chi connectivity index (χ3n) is 3.35. The minimum atomic E-state index is 0.183. The number of aromatic nitrogens is 3. The SMILES string of the molecule is CCCNC(Cc1cncs1)c1cnc2ccccc2n1. The van der Waals surface area contributed by atoms with Crippen molar-refractivity contribution >= 4 is 22.4 Å². The Morgan fingerprint density at radius 3 is 2.81 bits per heavy atom. The van der Waals surface area contributed by atoms with Crippen molar-refractivity contribution in [3.63, 3.8) is 0 Å². The van der Waals surface area contributed by atoms with Crippen molar-refractivity contribution in [3.8, 4) is 0 Å². The molecule has 0 aliphatic rings. The monoisotopic (exact) mass is 298 g/mol. The van der Waals surface area contributed by atoms with Gasteiger partial charge < -0.3 is 5.32 Å². The van der Waals surface area contributed by atoms with Gasteiger partial charge in [0.05, 0.1) is 34.5 Å². The maximum Gasteiger partial charge on any atom is 0.0890 e. The lowest BCUT2D eigenvalue weighted by atomic mass is 10.1. The molecule has 108 valence electrons. The summed E-state index contributed by atoms with van der Waals surface area (Å²) in [5.74, 6) is 0. The normalized spacial score (nSPS) is 12.6. The fourth-order valence-corrected chi connectivity index (χ4v) is 2.93. The molecule has 4 nitrogen and oxygen atoms in total. The molecule has 0 aliphatic carbocycles. The summed E-state index contributed by atoms with van der Waals surface area (Å²) >= 11 is 1.68. The second-order valence-corrected chi connectivity index (χ2v) is 5.93. The van der Waals surface area contributed by atoms with E-state index < -0.39 is 0 Å². The number of para-hydroxylation sites is 2. The third kappa shape index (κ3) is 3.43. The molecule has 3 rings (SSSR count). The minimum absolute atomic E-state index is 0.183. The summed E-state index contributed by atoms with van der Waals surface area (Å²) in [4.78, 5) is 14.7. The highest BCUT2D eigenvalue weighted by Gasteiger charge is 2.15. The molecule has 3 aromatic rings. The number of rotatable bonds is 6. The Morgan fingerprint density at radius 2 is 2.05 bits per heavy atom. The molecule has 1 atom stereocenters. The summed E-state index contributed by atoms with van der Waals surface area (Å²) in [6, 6.07) is 8.17. The summed E-state index contributed by atoms with van der Waals surface area (Å²) in [6.45, 7) is 3.14. The molecule has 0 saturated carbocycles. The largest absolute Gasteiger partial charge is 0.308 e. The van der Waals surface area contributed by atoms with Crippen molar-refractivity contribution in [2.45, 2.75) is 25.8 Å². The van der Waals surface area contributed by atoms with Gasteiger partial charge in [-0.15, -0.1) is 11.3 Å². The van der Waals surface area contributed by atoms with Gasteiger partial charge in [-0.25, -0.2) is 4.98 Å². The average molecular weight is 298 g/mol. The van der Waals surface area contributed by atoms with Crippen molar-refractivity contribution in [1.29, 1.82) is 0 Å². The Labute approximate surface area is 128 Å². The summed E-state index contributed by atoms with van der Waals surface area (Å²) in [6.07, 6.45) is 5.81. The smallest absolute Gasteiger partial charge is 0.0890 e. The maximum atomic E-state index is 4.77. The van der Waals surface area contributed by atoms with Crippen molar-refractivity contribution in [3.05, 3.63) is 52.7 Å². The standard InChI is InChI=1S/C16H18N4S/c1-2-7-18-15(8-12-9-17-11-21-12)16-10-19-13-5-3-4-6-14(13)20-16/h3-6,9-11,15,18H,2,7-8H2,1H3. The molecule has 0 amide bonds. The first kappa shape index (κ1) is 14.1. The van der Waals surface area contributed by atoms with Crippen molar-refractivity contribution in [2.75, 3.05) is 6.54 Å². The highest BCUT2D eigenvalue weighted by Crippen LogP contribution is 2.20. The Balaban J connectivity index is 1.89. The first-order valence-electron chi connectivity index (χ1n) is 7.19. The molecule has 0 aliphatic heterocycles. The van der Waals surface area contributed by atoms with Crippen molar-refractivity contribution in [1.82, 2.24) is 20.3 Å². The van der Waals surface area contributed by atoms with Gasteiger partial charge in [0.2, 0.25) is 0 Å². The van der Waals surface area contributed by atoms with Gasteiger partial charge in [0, 0.05) is 17.5 Å². The van der Waals surface area contributed by atoms with E-state index in [2.05, 4.69) is 22.2 Å². The number of hydrogen-bond acceptors (Lipinski definition) is 5. The molecule has 2 heterocycles. The van der Waals surface area contributed by atoms with Crippen LogP contribution in [0.2, 0.25) is 0 Å².